The second-order valence-corrected chi connectivity index (χ2v) is 7.54. The van der Waals surface area contributed by atoms with Crippen molar-refractivity contribution in [2.24, 2.45) is 7.05 Å². The second-order valence-electron chi connectivity index (χ2n) is 7.54. The Morgan fingerprint density at radius 3 is 2.50 bits per heavy atom. The summed E-state index contributed by atoms with van der Waals surface area (Å²) in [6.07, 6.45) is 5.19. The lowest BCUT2D eigenvalue weighted by molar-refractivity contribution is 0.0513. The molecule has 136 valence electrons. The van der Waals surface area contributed by atoms with E-state index in [-0.39, 0.29) is 23.6 Å². The Kier molecular flexibility index (Phi) is 4.05. The Labute approximate surface area is 151 Å². The summed E-state index contributed by atoms with van der Waals surface area (Å²) in [7, 11) is 1.54. The summed E-state index contributed by atoms with van der Waals surface area (Å²) in [4.78, 5) is 40.8. The molecule has 6 heteroatoms. The van der Waals surface area contributed by atoms with Crippen LogP contribution in [0, 0.1) is 6.92 Å². The molecule has 4 rings (SSSR count). The third-order valence-electron chi connectivity index (χ3n) is 5.65. The molecule has 6 nitrogen and oxygen atoms in total. The van der Waals surface area contributed by atoms with Crippen LogP contribution < -0.4 is 11.2 Å². The summed E-state index contributed by atoms with van der Waals surface area (Å²) >= 11 is 0. The van der Waals surface area contributed by atoms with Gasteiger partial charge in [-0.05, 0) is 49.7 Å². The number of nitrogens with one attached hydrogen (secondary N) is 1. The lowest BCUT2D eigenvalue weighted by Crippen LogP contribution is -2.50. The number of aryl methyl sites for hydroxylation is 2. The third kappa shape index (κ3) is 2.89. The summed E-state index contributed by atoms with van der Waals surface area (Å²) in [6, 6.07) is 8.77. The molecule has 0 saturated heterocycles. The standard InChI is InChI=1S/C20H23N3O3/c1-12-5-3-4-6-16(12)13-9-15(10-13)23(14-7-8-14)19(25)17-11-22(2)20(26)21-18(17)24/h3-6,11,13-15H,7-10H2,1-2H3,(H,21,24,26). The fourth-order valence-corrected chi connectivity index (χ4v) is 3.95. The fraction of sp³-hybridized carbons (Fsp3) is 0.450. The van der Waals surface area contributed by atoms with E-state index in [0.29, 0.717) is 5.92 Å². The molecular weight excluding hydrogens is 330 g/mol. The zero-order valence-electron chi connectivity index (χ0n) is 15.1. The second kappa shape index (κ2) is 6.27. The van der Waals surface area contributed by atoms with Crippen molar-refractivity contribution in [3.63, 3.8) is 0 Å². The first-order chi connectivity index (χ1) is 12.5. The molecule has 26 heavy (non-hydrogen) atoms. The lowest BCUT2D eigenvalue weighted by atomic mass is 9.73. The van der Waals surface area contributed by atoms with Crippen LogP contribution in [0.3, 0.4) is 0 Å². The number of hydrogen-bond acceptors (Lipinski definition) is 3. The Hall–Kier alpha value is -2.63. The summed E-state index contributed by atoms with van der Waals surface area (Å²) < 4.78 is 1.25. The van der Waals surface area contributed by atoms with Gasteiger partial charge in [0, 0.05) is 25.3 Å². The number of nitrogens with zero attached hydrogens (tertiary/aromatic N) is 2. The molecular formula is C20H23N3O3. The number of amides is 1. The molecule has 0 atom stereocenters. The van der Waals surface area contributed by atoms with Gasteiger partial charge in [-0.15, -0.1) is 0 Å². The van der Waals surface area contributed by atoms with Gasteiger partial charge in [-0.25, -0.2) is 4.79 Å². The molecule has 1 amide bonds. The van der Waals surface area contributed by atoms with E-state index in [1.165, 1.54) is 28.9 Å². The van der Waals surface area contributed by atoms with Crippen molar-refractivity contribution in [2.45, 2.75) is 50.6 Å². The van der Waals surface area contributed by atoms with Gasteiger partial charge in [0.05, 0.1) is 0 Å². The van der Waals surface area contributed by atoms with Crippen LogP contribution in [0.2, 0.25) is 0 Å². The molecule has 1 aromatic heterocycles. The van der Waals surface area contributed by atoms with Crippen LogP contribution in [0.4, 0.5) is 0 Å². The number of carbonyl (C=O) groups excluding carboxylic acids is 1. The SMILES string of the molecule is Cc1ccccc1C1CC(N(C(=O)c2cn(C)c(=O)[nH]c2=O)C2CC2)C1. The largest absolute Gasteiger partial charge is 0.332 e. The van der Waals surface area contributed by atoms with Gasteiger partial charge in [-0.3, -0.25) is 14.6 Å². The first-order valence-corrected chi connectivity index (χ1v) is 9.14. The van der Waals surface area contributed by atoms with Gasteiger partial charge in [-0.2, -0.15) is 0 Å². The highest BCUT2D eigenvalue weighted by molar-refractivity contribution is 5.94. The van der Waals surface area contributed by atoms with E-state index < -0.39 is 11.2 Å². The van der Waals surface area contributed by atoms with Crippen LogP contribution in [-0.4, -0.2) is 32.4 Å². The highest BCUT2D eigenvalue weighted by atomic mass is 16.2. The average Bonchev–Trinajstić information content (AvgIpc) is 3.39. The van der Waals surface area contributed by atoms with Crippen molar-refractivity contribution in [1.82, 2.24) is 14.5 Å². The topological polar surface area (TPSA) is 75.2 Å². The molecule has 0 radical (unpaired) electrons. The molecule has 1 heterocycles. The minimum atomic E-state index is -0.599. The van der Waals surface area contributed by atoms with Gasteiger partial charge in [0.15, 0.2) is 0 Å². The van der Waals surface area contributed by atoms with E-state index in [1.54, 1.807) is 0 Å². The molecule has 0 aliphatic heterocycles. The van der Waals surface area contributed by atoms with Crippen LogP contribution in [0.5, 0.6) is 0 Å². The van der Waals surface area contributed by atoms with Gasteiger partial charge < -0.3 is 9.47 Å². The highest BCUT2D eigenvalue weighted by Crippen LogP contribution is 2.44. The van der Waals surface area contributed by atoms with Gasteiger partial charge in [0.25, 0.3) is 11.5 Å². The summed E-state index contributed by atoms with van der Waals surface area (Å²) in [5, 5.41) is 0. The zero-order chi connectivity index (χ0) is 18.4. The van der Waals surface area contributed by atoms with Crippen molar-refractivity contribution >= 4 is 5.91 Å². The van der Waals surface area contributed by atoms with Gasteiger partial charge in [0.2, 0.25) is 0 Å². The first kappa shape index (κ1) is 16.8. The van der Waals surface area contributed by atoms with Crippen molar-refractivity contribution in [3.05, 3.63) is 68.0 Å². The molecule has 1 N–H and O–H groups in total. The molecule has 2 saturated carbocycles. The van der Waals surface area contributed by atoms with Gasteiger partial charge >= 0.3 is 5.69 Å². The number of benzene rings is 1. The smallest absolute Gasteiger partial charge is 0.328 e. The summed E-state index contributed by atoms with van der Waals surface area (Å²) in [5.74, 6) is 0.214. The van der Waals surface area contributed by atoms with Gasteiger partial charge in [0.1, 0.15) is 5.56 Å². The van der Waals surface area contributed by atoms with Crippen molar-refractivity contribution in [1.29, 1.82) is 0 Å². The van der Waals surface area contributed by atoms with Crippen molar-refractivity contribution in [2.75, 3.05) is 0 Å². The Balaban J connectivity index is 1.56. The van der Waals surface area contributed by atoms with Crippen LogP contribution in [0.15, 0.2) is 40.1 Å². The van der Waals surface area contributed by atoms with Crippen LogP contribution in [-0.2, 0) is 7.05 Å². The number of aromatic nitrogens is 2. The average molecular weight is 353 g/mol. The van der Waals surface area contributed by atoms with E-state index in [9.17, 15) is 14.4 Å². The number of hydrogen-bond donors (Lipinski definition) is 1. The molecule has 0 spiro atoms. The van der Waals surface area contributed by atoms with E-state index in [4.69, 9.17) is 0 Å². The van der Waals surface area contributed by atoms with Crippen LogP contribution >= 0.6 is 0 Å². The van der Waals surface area contributed by atoms with E-state index in [2.05, 4.69) is 30.1 Å². The van der Waals surface area contributed by atoms with Crippen LogP contribution in [0.25, 0.3) is 0 Å². The van der Waals surface area contributed by atoms with Crippen molar-refractivity contribution in [3.8, 4) is 0 Å². The molecule has 1 aromatic carbocycles. The molecule has 0 bridgehead atoms. The maximum Gasteiger partial charge on any atom is 0.328 e. The molecule has 0 unspecified atom stereocenters. The number of aromatic amines is 1. The van der Waals surface area contributed by atoms with Crippen LogP contribution in [0.1, 0.15) is 53.1 Å². The number of H-pyrrole nitrogens is 1. The minimum absolute atomic E-state index is 0.0540. The normalized spacial score (nSPS) is 21.9. The van der Waals surface area contributed by atoms with Gasteiger partial charge in [-0.1, -0.05) is 24.3 Å². The molecule has 2 fully saturated rings. The maximum absolute atomic E-state index is 13.0. The lowest BCUT2D eigenvalue weighted by Gasteiger charge is -2.44. The quantitative estimate of drug-likeness (QED) is 0.913. The monoisotopic (exact) mass is 353 g/mol. The Bertz CT molecular complexity index is 965. The first-order valence-electron chi connectivity index (χ1n) is 9.14. The van der Waals surface area contributed by atoms with E-state index in [0.717, 1.165) is 25.7 Å². The fourth-order valence-electron chi connectivity index (χ4n) is 3.95. The molecule has 2 aliphatic carbocycles. The number of carbonyl (C=O) groups is 1. The third-order valence-corrected chi connectivity index (χ3v) is 5.65. The Morgan fingerprint density at radius 2 is 1.85 bits per heavy atom. The maximum atomic E-state index is 13.0. The number of rotatable bonds is 4. The predicted octanol–water partition coefficient (Wildman–Crippen LogP) is 1.93. The predicted molar refractivity (Wildman–Crippen MR) is 98.4 cm³/mol. The summed E-state index contributed by atoms with van der Waals surface area (Å²) in [6.45, 7) is 2.12. The Morgan fingerprint density at radius 1 is 1.15 bits per heavy atom. The molecule has 2 aromatic rings. The van der Waals surface area contributed by atoms with E-state index in [1.807, 2.05) is 11.0 Å². The highest BCUT2D eigenvalue weighted by Gasteiger charge is 2.44. The minimum Gasteiger partial charge on any atom is -0.332 e. The zero-order valence-corrected chi connectivity index (χ0v) is 15.1. The summed E-state index contributed by atoms with van der Waals surface area (Å²) in [5.41, 5.74) is 1.59. The molecule has 2 aliphatic rings. The van der Waals surface area contributed by atoms with E-state index >= 15 is 0 Å². The van der Waals surface area contributed by atoms with Crippen molar-refractivity contribution < 1.29 is 4.79 Å².